The molecule has 0 spiro atoms. The van der Waals surface area contributed by atoms with Gasteiger partial charge in [-0.15, -0.1) is 0 Å². The molecule has 158 valence electrons. The van der Waals surface area contributed by atoms with Crippen LogP contribution in [0, 0.1) is 5.41 Å². The standard InChI is InChI=1S/C23H21N3O5/c1-14(27)30-21-11-16(9-10-19(21)22(24)25)26-12-17(31-23(26)28)13-29-20-8-4-6-15-5-2-3-7-18(15)20/h2-11,17H,12-13H2,1H3,(H3,24,25). The van der Waals surface area contributed by atoms with Gasteiger partial charge in [0.1, 0.15) is 23.9 Å². The number of anilines is 1. The molecule has 0 bridgehead atoms. The number of nitrogen functional groups attached to an aromatic ring is 1. The van der Waals surface area contributed by atoms with Crippen LogP contribution < -0.4 is 20.1 Å². The van der Waals surface area contributed by atoms with Crippen LogP contribution in [0.25, 0.3) is 10.8 Å². The first-order valence-electron chi connectivity index (χ1n) is 9.68. The third kappa shape index (κ3) is 4.28. The zero-order chi connectivity index (χ0) is 22.0. The van der Waals surface area contributed by atoms with Gasteiger partial charge in [-0.05, 0) is 23.6 Å². The third-order valence-corrected chi connectivity index (χ3v) is 4.87. The molecule has 1 unspecified atom stereocenters. The molecule has 8 heteroatoms. The number of esters is 1. The summed E-state index contributed by atoms with van der Waals surface area (Å²) >= 11 is 0. The molecule has 4 rings (SSSR count). The van der Waals surface area contributed by atoms with E-state index in [0.29, 0.717) is 5.69 Å². The Morgan fingerprint density at radius 3 is 2.71 bits per heavy atom. The van der Waals surface area contributed by atoms with Crippen molar-refractivity contribution in [1.29, 1.82) is 5.41 Å². The molecule has 0 aromatic heterocycles. The zero-order valence-electron chi connectivity index (χ0n) is 16.8. The summed E-state index contributed by atoms with van der Waals surface area (Å²) in [4.78, 5) is 25.3. The number of carbonyl (C=O) groups excluding carboxylic acids is 2. The number of amides is 1. The molecule has 1 atom stereocenters. The summed E-state index contributed by atoms with van der Waals surface area (Å²) in [6, 6.07) is 18.3. The molecule has 1 aliphatic heterocycles. The van der Waals surface area contributed by atoms with Gasteiger partial charge in [0, 0.05) is 18.4 Å². The van der Waals surface area contributed by atoms with E-state index in [2.05, 4.69) is 0 Å². The Kier molecular flexibility index (Phi) is 5.44. The Bertz CT molecular complexity index is 1170. The lowest BCUT2D eigenvalue weighted by atomic mass is 10.1. The lowest BCUT2D eigenvalue weighted by molar-refractivity contribution is -0.131. The van der Waals surface area contributed by atoms with Crippen molar-refractivity contribution in [2.24, 2.45) is 5.73 Å². The molecule has 0 saturated carbocycles. The highest BCUT2D eigenvalue weighted by Gasteiger charge is 2.33. The van der Waals surface area contributed by atoms with Crippen molar-refractivity contribution in [2.45, 2.75) is 13.0 Å². The zero-order valence-corrected chi connectivity index (χ0v) is 16.8. The fourth-order valence-electron chi connectivity index (χ4n) is 3.46. The lowest BCUT2D eigenvalue weighted by Crippen LogP contribution is -2.27. The van der Waals surface area contributed by atoms with E-state index in [1.54, 1.807) is 6.07 Å². The van der Waals surface area contributed by atoms with Crippen LogP contribution in [0.3, 0.4) is 0 Å². The fourth-order valence-corrected chi connectivity index (χ4v) is 3.46. The average molecular weight is 419 g/mol. The van der Waals surface area contributed by atoms with E-state index in [-0.39, 0.29) is 30.3 Å². The minimum absolute atomic E-state index is 0.112. The molecule has 1 heterocycles. The van der Waals surface area contributed by atoms with Crippen LogP contribution >= 0.6 is 0 Å². The van der Waals surface area contributed by atoms with Crippen LogP contribution in [0.4, 0.5) is 10.5 Å². The van der Waals surface area contributed by atoms with Crippen molar-refractivity contribution in [3.05, 3.63) is 66.2 Å². The monoisotopic (exact) mass is 419 g/mol. The van der Waals surface area contributed by atoms with Gasteiger partial charge in [-0.25, -0.2) is 4.79 Å². The van der Waals surface area contributed by atoms with E-state index >= 15 is 0 Å². The van der Waals surface area contributed by atoms with Gasteiger partial charge in [0.15, 0.2) is 6.10 Å². The second-order valence-electron chi connectivity index (χ2n) is 7.09. The number of hydrogen-bond acceptors (Lipinski definition) is 6. The summed E-state index contributed by atoms with van der Waals surface area (Å²) in [6.07, 6.45) is -1.01. The van der Waals surface area contributed by atoms with Crippen molar-refractivity contribution >= 4 is 34.4 Å². The van der Waals surface area contributed by atoms with Gasteiger partial charge in [-0.3, -0.25) is 15.1 Å². The molecule has 3 N–H and O–H groups in total. The smallest absolute Gasteiger partial charge is 0.414 e. The molecule has 0 radical (unpaired) electrons. The van der Waals surface area contributed by atoms with Crippen molar-refractivity contribution < 1.29 is 23.8 Å². The second kappa shape index (κ2) is 8.35. The van der Waals surface area contributed by atoms with E-state index in [9.17, 15) is 9.59 Å². The van der Waals surface area contributed by atoms with E-state index in [0.717, 1.165) is 16.5 Å². The fraction of sp³-hybridized carbons (Fsp3) is 0.174. The first-order chi connectivity index (χ1) is 14.9. The summed E-state index contributed by atoms with van der Waals surface area (Å²) in [7, 11) is 0. The quantitative estimate of drug-likeness (QED) is 0.274. The molecule has 0 aliphatic carbocycles. The third-order valence-electron chi connectivity index (χ3n) is 4.87. The number of fused-ring (bicyclic) bond motifs is 1. The Balaban J connectivity index is 1.49. The van der Waals surface area contributed by atoms with E-state index in [4.69, 9.17) is 25.4 Å². The number of amidine groups is 1. The van der Waals surface area contributed by atoms with Crippen molar-refractivity contribution in [2.75, 3.05) is 18.1 Å². The molecule has 1 saturated heterocycles. The van der Waals surface area contributed by atoms with E-state index in [1.165, 1.54) is 24.0 Å². The summed E-state index contributed by atoms with van der Waals surface area (Å²) in [5.74, 6) is 0.0366. The van der Waals surface area contributed by atoms with Crippen molar-refractivity contribution in [3.63, 3.8) is 0 Å². The van der Waals surface area contributed by atoms with Crippen molar-refractivity contribution in [1.82, 2.24) is 0 Å². The van der Waals surface area contributed by atoms with E-state index in [1.807, 2.05) is 42.5 Å². The number of carbonyl (C=O) groups is 2. The number of nitrogens with zero attached hydrogens (tertiary/aromatic N) is 1. The Morgan fingerprint density at radius 1 is 1.16 bits per heavy atom. The predicted molar refractivity (Wildman–Crippen MR) is 116 cm³/mol. The second-order valence-corrected chi connectivity index (χ2v) is 7.09. The van der Waals surface area contributed by atoms with Crippen LogP contribution in [0.5, 0.6) is 11.5 Å². The number of cyclic esters (lactones) is 1. The summed E-state index contributed by atoms with van der Waals surface area (Å²) in [6.45, 7) is 1.71. The predicted octanol–water partition coefficient (Wildman–Crippen LogP) is 3.45. The van der Waals surface area contributed by atoms with Gasteiger partial charge in [0.25, 0.3) is 0 Å². The maximum Gasteiger partial charge on any atom is 0.414 e. The van der Waals surface area contributed by atoms with Gasteiger partial charge in [0.05, 0.1) is 17.8 Å². The highest BCUT2D eigenvalue weighted by Crippen LogP contribution is 2.30. The minimum atomic E-state index is -0.551. The summed E-state index contributed by atoms with van der Waals surface area (Å²) < 4.78 is 16.5. The summed E-state index contributed by atoms with van der Waals surface area (Å²) in [5, 5.41) is 9.68. The van der Waals surface area contributed by atoms with Crippen LogP contribution in [0.1, 0.15) is 12.5 Å². The topological polar surface area (TPSA) is 115 Å². The van der Waals surface area contributed by atoms with Crippen LogP contribution in [0.15, 0.2) is 60.7 Å². The van der Waals surface area contributed by atoms with Gasteiger partial charge in [-0.2, -0.15) is 0 Å². The molecule has 8 nitrogen and oxygen atoms in total. The normalized spacial score (nSPS) is 15.6. The average Bonchev–Trinajstić information content (AvgIpc) is 3.12. The molecule has 3 aromatic carbocycles. The molecule has 3 aromatic rings. The molecular formula is C23H21N3O5. The highest BCUT2D eigenvalue weighted by atomic mass is 16.6. The minimum Gasteiger partial charge on any atom is -0.489 e. The van der Waals surface area contributed by atoms with Gasteiger partial charge >= 0.3 is 12.1 Å². The van der Waals surface area contributed by atoms with Crippen LogP contribution in [-0.4, -0.2) is 37.2 Å². The first kappa shape index (κ1) is 20.2. The van der Waals surface area contributed by atoms with Crippen LogP contribution in [-0.2, 0) is 9.53 Å². The molecule has 1 fully saturated rings. The maximum absolute atomic E-state index is 12.4. The first-order valence-corrected chi connectivity index (χ1v) is 9.68. The Labute approximate surface area is 178 Å². The van der Waals surface area contributed by atoms with Gasteiger partial charge in [0.2, 0.25) is 0 Å². The Hall–Kier alpha value is -4.07. The Morgan fingerprint density at radius 2 is 1.94 bits per heavy atom. The van der Waals surface area contributed by atoms with Crippen molar-refractivity contribution in [3.8, 4) is 11.5 Å². The number of nitrogens with one attached hydrogen (secondary N) is 1. The van der Waals surface area contributed by atoms with Crippen LogP contribution in [0.2, 0.25) is 0 Å². The number of hydrogen-bond donors (Lipinski definition) is 2. The molecule has 1 amide bonds. The maximum atomic E-state index is 12.4. The molecular weight excluding hydrogens is 398 g/mol. The number of nitrogens with two attached hydrogens (primary N) is 1. The number of ether oxygens (including phenoxy) is 3. The molecule has 1 aliphatic rings. The lowest BCUT2D eigenvalue weighted by Gasteiger charge is -2.16. The number of benzene rings is 3. The SMILES string of the molecule is CC(=O)Oc1cc(N2CC(COc3cccc4ccccc34)OC2=O)ccc1C(=N)N. The number of rotatable bonds is 6. The largest absolute Gasteiger partial charge is 0.489 e. The van der Waals surface area contributed by atoms with E-state index < -0.39 is 18.2 Å². The van der Waals surface area contributed by atoms with Gasteiger partial charge < -0.3 is 19.9 Å². The highest BCUT2D eigenvalue weighted by molar-refractivity contribution is 5.99. The molecule has 31 heavy (non-hydrogen) atoms. The van der Waals surface area contributed by atoms with Gasteiger partial charge in [-0.1, -0.05) is 36.4 Å². The summed E-state index contributed by atoms with van der Waals surface area (Å²) in [5.41, 5.74) is 6.28.